The van der Waals surface area contributed by atoms with E-state index in [2.05, 4.69) is 12.2 Å². The van der Waals surface area contributed by atoms with Crippen molar-refractivity contribution >= 4 is 17.3 Å². The van der Waals surface area contributed by atoms with E-state index in [0.717, 1.165) is 17.8 Å². The molecule has 3 N–H and O–H groups in total. The van der Waals surface area contributed by atoms with Crippen molar-refractivity contribution in [1.29, 1.82) is 0 Å². The van der Waals surface area contributed by atoms with Crippen LogP contribution in [0.15, 0.2) is 18.2 Å². The Morgan fingerprint density at radius 2 is 2.13 bits per heavy atom. The van der Waals surface area contributed by atoms with Crippen molar-refractivity contribution in [3.8, 4) is 0 Å². The highest BCUT2D eigenvalue weighted by Crippen LogP contribution is 2.31. The number of hydrogen-bond acceptors (Lipinski definition) is 2. The molecule has 2 rings (SSSR count). The van der Waals surface area contributed by atoms with Crippen molar-refractivity contribution in [1.82, 2.24) is 5.32 Å². The maximum absolute atomic E-state index is 5.94. The first-order valence-electron chi connectivity index (χ1n) is 5.37. The van der Waals surface area contributed by atoms with E-state index in [-0.39, 0.29) is 0 Å². The van der Waals surface area contributed by atoms with Crippen molar-refractivity contribution < 1.29 is 0 Å². The predicted molar refractivity (Wildman–Crippen MR) is 65.0 cm³/mol. The van der Waals surface area contributed by atoms with Crippen LogP contribution in [-0.4, -0.2) is 5.54 Å². The lowest BCUT2D eigenvalue weighted by Gasteiger charge is -2.39. The molecule has 2 nitrogen and oxygen atoms in total. The van der Waals surface area contributed by atoms with Gasteiger partial charge in [0.15, 0.2) is 0 Å². The molecule has 0 atom stereocenters. The molecule has 1 fully saturated rings. The maximum Gasteiger partial charge on any atom is 0.0429 e. The number of nitrogens with two attached hydrogens (primary N) is 1. The summed E-state index contributed by atoms with van der Waals surface area (Å²) in [4.78, 5) is 0. The fourth-order valence-electron chi connectivity index (χ4n) is 1.98. The Labute approximate surface area is 95.8 Å². The normalized spacial score (nSPS) is 18.5. The van der Waals surface area contributed by atoms with Gasteiger partial charge in [0.1, 0.15) is 0 Å². The largest absolute Gasteiger partial charge is 0.399 e. The van der Waals surface area contributed by atoms with Gasteiger partial charge in [0, 0.05) is 22.8 Å². The third-order valence-electron chi connectivity index (χ3n) is 3.16. The standard InChI is InChI=1S/C12H17ClN2/c1-12(3-2-4-12)15-8-9-5-10(13)7-11(14)6-9/h5-7,15H,2-4,8,14H2,1H3. The lowest BCUT2D eigenvalue weighted by molar-refractivity contribution is 0.207. The monoisotopic (exact) mass is 224 g/mol. The molecule has 1 saturated carbocycles. The van der Waals surface area contributed by atoms with Crippen LogP contribution in [0.2, 0.25) is 5.02 Å². The molecular formula is C12H17ClN2. The van der Waals surface area contributed by atoms with Gasteiger partial charge in [-0.2, -0.15) is 0 Å². The third-order valence-corrected chi connectivity index (χ3v) is 3.37. The minimum Gasteiger partial charge on any atom is -0.399 e. The highest BCUT2D eigenvalue weighted by Gasteiger charge is 2.30. The van der Waals surface area contributed by atoms with E-state index in [9.17, 15) is 0 Å². The molecule has 0 spiro atoms. The van der Waals surface area contributed by atoms with Crippen LogP contribution in [0, 0.1) is 0 Å². The van der Waals surface area contributed by atoms with E-state index in [4.69, 9.17) is 17.3 Å². The Morgan fingerprint density at radius 1 is 1.40 bits per heavy atom. The number of nitrogen functional groups attached to an aromatic ring is 1. The summed E-state index contributed by atoms with van der Waals surface area (Å²) in [6.07, 6.45) is 3.87. The SMILES string of the molecule is CC1(NCc2cc(N)cc(Cl)c2)CCC1. The Bertz CT molecular complexity index is 338. The van der Waals surface area contributed by atoms with Crippen LogP contribution in [0.3, 0.4) is 0 Å². The van der Waals surface area contributed by atoms with Crippen molar-refractivity contribution in [2.24, 2.45) is 0 Å². The second-order valence-electron chi connectivity index (χ2n) is 4.66. The van der Waals surface area contributed by atoms with Gasteiger partial charge in [0.25, 0.3) is 0 Å². The van der Waals surface area contributed by atoms with Gasteiger partial charge < -0.3 is 11.1 Å². The number of hydrogen-bond donors (Lipinski definition) is 2. The summed E-state index contributed by atoms with van der Waals surface area (Å²) in [5, 5.41) is 4.27. The van der Waals surface area contributed by atoms with E-state index in [1.54, 1.807) is 6.07 Å². The fourth-order valence-corrected chi connectivity index (χ4v) is 2.24. The average molecular weight is 225 g/mol. The molecule has 0 radical (unpaired) electrons. The molecule has 82 valence electrons. The van der Waals surface area contributed by atoms with Gasteiger partial charge in [-0.15, -0.1) is 0 Å². The van der Waals surface area contributed by atoms with Gasteiger partial charge in [0.2, 0.25) is 0 Å². The van der Waals surface area contributed by atoms with Crippen molar-refractivity contribution in [3.05, 3.63) is 28.8 Å². The first-order valence-corrected chi connectivity index (χ1v) is 5.75. The molecular weight excluding hydrogens is 208 g/mol. The van der Waals surface area contributed by atoms with Crippen LogP contribution in [0.1, 0.15) is 31.7 Å². The summed E-state index contributed by atoms with van der Waals surface area (Å²) in [5.74, 6) is 0. The molecule has 0 unspecified atom stereocenters. The highest BCUT2D eigenvalue weighted by molar-refractivity contribution is 6.30. The number of anilines is 1. The molecule has 15 heavy (non-hydrogen) atoms. The number of rotatable bonds is 3. The molecule has 1 aliphatic rings. The Kier molecular flexibility index (Phi) is 2.89. The van der Waals surface area contributed by atoms with E-state index in [1.807, 2.05) is 12.1 Å². The van der Waals surface area contributed by atoms with E-state index >= 15 is 0 Å². The Balaban J connectivity index is 1.98. The summed E-state index contributed by atoms with van der Waals surface area (Å²) in [6, 6.07) is 5.71. The average Bonchev–Trinajstić information content (AvgIpc) is 2.10. The zero-order valence-electron chi connectivity index (χ0n) is 9.02. The van der Waals surface area contributed by atoms with E-state index < -0.39 is 0 Å². The fraction of sp³-hybridized carbons (Fsp3) is 0.500. The van der Waals surface area contributed by atoms with Gasteiger partial charge in [-0.05, 0) is 49.9 Å². The molecule has 1 aromatic carbocycles. The summed E-state index contributed by atoms with van der Waals surface area (Å²) in [7, 11) is 0. The second-order valence-corrected chi connectivity index (χ2v) is 5.10. The van der Waals surface area contributed by atoms with Gasteiger partial charge in [0.05, 0.1) is 0 Å². The van der Waals surface area contributed by atoms with Gasteiger partial charge in [-0.3, -0.25) is 0 Å². The summed E-state index contributed by atoms with van der Waals surface area (Å²) >= 11 is 5.94. The van der Waals surface area contributed by atoms with Gasteiger partial charge >= 0.3 is 0 Å². The van der Waals surface area contributed by atoms with E-state index in [0.29, 0.717) is 10.6 Å². The molecule has 1 aliphatic carbocycles. The summed E-state index contributed by atoms with van der Waals surface area (Å²) in [6.45, 7) is 3.12. The Hall–Kier alpha value is -0.730. The van der Waals surface area contributed by atoms with Crippen molar-refractivity contribution in [2.45, 2.75) is 38.3 Å². The first-order chi connectivity index (χ1) is 7.07. The molecule has 3 heteroatoms. The lowest BCUT2D eigenvalue weighted by atomic mass is 9.78. The molecule has 0 bridgehead atoms. The first kappa shape index (κ1) is 10.8. The minimum atomic E-state index is 0.330. The quantitative estimate of drug-likeness (QED) is 0.775. The van der Waals surface area contributed by atoms with Crippen LogP contribution in [0.5, 0.6) is 0 Å². The second kappa shape index (κ2) is 4.03. The Morgan fingerprint density at radius 3 is 2.67 bits per heavy atom. The molecule has 0 aliphatic heterocycles. The molecule has 0 aromatic heterocycles. The third kappa shape index (κ3) is 2.64. The zero-order valence-corrected chi connectivity index (χ0v) is 9.77. The van der Waals surface area contributed by atoms with Gasteiger partial charge in [-0.25, -0.2) is 0 Å². The van der Waals surface area contributed by atoms with Crippen LogP contribution in [0.25, 0.3) is 0 Å². The van der Waals surface area contributed by atoms with Gasteiger partial charge in [-0.1, -0.05) is 11.6 Å². The minimum absolute atomic E-state index is 0.330. The van der Waals surface area contributed by atoms with Crippen LogP contribution < -0.4 is 11.1 Å². The molecule has 0 amide bonds. The van der Waals surface area contributed by atoms with E-state index in [1.165, 1.54) is 19.3 Å². The van der Waals surface area contributed by atoms with Crippen LogP contribution >= 0.6 is 11.6 Å². The summed E-state index contributed by atoms with van der Waals surface area (Å²) < 4.78 is 0. The molecule has 0 heterocycles. The molecule has 0 saturated heterocycles. The lowest BCUT2D eigenvalue weighted by Crippen LogP contribution is -2.47. The van der Waals surface area contributed by atoms with Crippen LogP contribution in [-0.2, 0) is 6.54 Å². The number of nitrogens with one attached hydrogen (secondary N) is 1. The number of halogens is 1. The summed E-state index contributed by atoms with van der Waals surface area (Å²) in [5.41, 5.74) is 7.96. The zero-order chi connectivity index (χ0) is 10.9. The highest BCUT2D eigenvalue weighted by atomic mass is 35.5. The van der Waals surface area contributed by atoms with Crippen LogP contribution in [0.4, 0.5) is 5.69 Å². The molecule has 1 aromatic rings. The number of benzene rings is 1. The smallest absolute Gasteiger partial charge is 0.0429 e. The topological polar surface area (TPSA) is 38.0 Å². The van der Waals surface area contributed by atoms with Crippen molar-refractivity contribution in [3.63, 3.8) is 0 Å². The predicted octanol–water partition coefficient (Wildman–Crippen LogP) is 2.95. The maximum atomic E-state index is 5.94. The van der Waals surface area contributed by atoms with Crippen molar-refractivity contribution in [2.75, 3.05) is 5.73 Å².